The predicted octanol–water partition coefficient (Wildman–Crippen LogP) is 3.89. The molecular weight excluding hydrogens is 300 g/mol. The number of ketones is 1. The van der Waals surface area contributed by atoms with Gasteiger partial charge in [0.1, 0.15) is 5.78 Å². The van der Waals surface area contributed by atoms with Gasteiger partial charge >= 0.3 is 0 Å². The van der Waals surface area contributed by atoms with Gasteiger partial charge in [-0.05, 0) is 31.4 Å². The minimum Gasteiger partial charge on any atom is -0.352 e. The third-order valence-corrected chi connectivity index (χ3v) is 4.80. The van der Waals surface area contributed by atoms with Gasteiger partial charge in [0.05, 0.1) is 11.1 Å². The van der Waals surface area contributed by atoms with Crippen LogP contribution in [-0.4, -0.2) is 23.2 Å². The first-order chi connectivity index (χ1) is 11.7. The van der Waals surface area contributed by atoms with Gasteiger partial charge in [-0.25, -0.2) is 0 Å². The zero-order valence-corrected chi connectivity index (χ0v) is 14.0. The topological polar surface area (TPSA) is 59.1 Å². The molecule has 126 valence electrons. The Bertz CT molecular complexity index is 720. The van der Waals surface area contributed by atoms with Crippen molar-refractivity contribution < 1.29 is 9.59 Å². The van der Waals surface area contributed by atoms with E-state index in [0.29, 0.717) is 30.7 Å². The largest absolute Gasteiger partial charge is 0.352 e. The zero-order chi connectivity index (χ0) is 16.8. The first kappa shape index (κ1) is 16.6. The first-order valence-corrected chi connectivity index (χ1v) is 8.90. The second-order valence-corrected chi connectivity index (χ2v) is 6.58. The number of para-hydroxylation sites is 1. The van der Waals surface area contributed by atoms with Gasteiger partial charge in [-0.15, -0.1) is 0 Å². The number of nitrogens with zero attached hydrogens (tertiary/aromatic N) is 1. The summed E-state index contributed by atoms with van der Waals surface area (Å²) >= 11 is 0. The summed E-state index contributed by atoms with van der Waals surface area (Å²) in [5, 5.41) is 3.85. The van der Waals surface area contributed by atoms with Crippen molar-refractivity contribution in [2.45, 2.75) is 44.9 Å². The van der Waals surface area contributed by atoms with E-state index in [1.807, 2.05) is 30.3 Å². The fourth-order valence-corrected chi connectivity index (χ4v) is 3.39. The number of Topliss-reactive ketones (excluding diaryl/α,β-unsaturated/α-hetero) is 1. The van der Waals surface area contributed by atoms with Crippen LogP contribution >= 0.6 is 0 Å². The summed E-state index contributed by atoms with van der Waals surface area (Å²) in [5.41, 5.74) is 1.44. The number of carbonyl (C=O) groups is 2. The number of nitrogens with one attached hydrogen (secondary N) is 1. The number of rotatable bonds is 6. The van der Waals surface area contributed by atoms with Crippen LogP contribution in [0.5, 0.6) is 0 Å². The van der Waals surface area contributed by atoms with Crippen molar-refractivity contribution in [1.82, 2.24) is 10.3 Å². The third-order valence-electron chi connectivity index (χ3n) is 4.80. The minimum absolute atomic E-state index is 0.127. The fourth-order valence-electron chi connectivity index (χ4n) is 3.39. The highest BCUT2D eigenvalue weighted by molar-refractivity contribution is 5.97. The Balaban J connectivity index is 1.45. The normalized spacial score (nSPS) is 15.3. The summed E-state index contributed by atoms with van der Waals surface area (Å²) in [6.45, 7) is 0.532. The predicted molar refractivity (Wildman–Crippen MR) is 94.9 cm³/mol. The molecule has 0 saturated heterocycles. The summed E-state index contributed by atoms with van der Waals surface area (Å²) in [4.78, 5) is 28.6. The van der Waals surface area contributed by atoms with Crippen molar-refractivity contribution in [1.29, 1.82) is 0 Å². The molecular formula is C20H24N2O2. The van der Waals surface area contributed by atoms with Crippen molar-refractivity contribution in [3.05, 3.63) is 42.1 Å². The number of hydrogen-bond donors (Lipinski definition) is 1. The van der Waals surface area contributed by atoms with Crippen LogP contribution in [0.4, 0.5) is 0 Å². The molecule has 1 aromatic heterocycles. The molecule has 1 aromatic carbocycles. The quantitative estimate of drug-likeness (QED) is 0.820. The minimum atomic E-state index is -0.127. The lowest BCUT2D eigenvalue weighted by Crippen LogP contribution is -2.26. The molecule has 1 amide bonds. The number of hydrogen-bond acceptors (Lipinski definition) is 3. The summed E-state index contributed by atoms with van der Waals surface area (Å²) in [5.74, 6) is 0.508. The summed E-state index contributed by atoms with van der Waals surface area (Å²) in [7, 11) is 0. The molecule has 1 heterocycles. The Kier molecular flexibility index (Phi) is 5.57. The molecule has 0 bridgehead atoms. The Morgan fingerprint density at radius 1 is 1.12 bits per heavy atom. The van der Waals surface area contributed by atoms with Crippen LogP contribution in [0.3, 0.4) is 0 Å². The number of amides is 1. The number of pyridine rings is 1. The Morgan fingerprint density at radius 3 is 2.75 bits per heavy atom. The highest BCUT2D eigenvalue weighted by Gasteiger charge is 2.20. The van der Waals surface area contributed by atoms with Crippen LogP contribution in [0.15, 0.2) is 36.5 Å². The Morgan fingerprint density at radius 2 is 1.92 bits per heavy atom. The lowest BCUT2D eigenvalue weighted by Gasteiger charge is -2.20. The summed E-state index contributed by atoms with van der Waals surface area (Å²) < 4.78 is 0. The van der Waals surface area contributed by atoms with Crippen molar-refractivity contribution in [2.24, 2.45) is 5.92 Å². The van der Waals surface area contributed by atoms with Crippen molar-refractivity contribution in [3.63, 3.8) is 0 Å². The van der Waals surface area contributed by atoms with Crippen molar-refractivity contribution >= 4 is 22.6 Å². The molecule has 1 N–H and O–H groups in total. The molecule has 0 aliphatic heterocycles. The van der Waals surface area contributed by atoms with Gasteiger partial charge < -0.3 is 5.32 Å². The molecule has 0 spiro atoms. The summed E-state index contributed by atoms with van der Waals surface area (Å²) in [6.07, 6.45) is 8.61. The van der Waals surface area contributed by atoms with E-state index >= 15 is 0 Å². The summed E-state index contributed by atoms with van der Waals surface area (Å²) in [6, 6.07) is 9.58. The van der Waals surface area contributed by atoms with Crippen LogP contribution in [-0.2, 0) is 4.79 Å². The molecule has 0 unspecified atom stereocenters. The van der Waals surface area contributed by atoms with Crippen molar-refractivity contribution in [3.8, 4) is 0 Å². The molecule has 3 rings (SSSR count). The lowest BCUT2D eigenvalue weighted by molar-refractivity contribution is -0.123. The van der Waals surface area contributed by atoms with E-state index in [0.717, 1.165) is 23.7 Å². The van der Waals surface area contributed by atoms with E-state index in [1.165, 1.54) is 19.3 Å². The number of aromatic nitrogens is 1. The molecule has 4 nitrogen and oxygen atoms in total. The average molecular weight is 324 g/mol. The lowest BCUT2D eigenvalue weighted by atomic mass is 9.85. The molecule has 1 saturated carbocycles. The fraction of sp³-hybridized carbons (Fsp3) is 0.450. The molecule has 2 aromatic rings. The Hall–Kier alpha value is -2.23. The molecule has 1 fully saturated rings. The number of fused-ring (bicyclic) bond motifs is 1. The zero-order valence-electron chi connectivity index (χ0n) is 14.0. The number of benzene rings is 1. The van der Waals surface area contributed by atoms with Gasteiger partial charge in [0.25, 0.3) is 5.91 Å². The average Bonchev–Trinajstić information content (AvgIpc) is 2.65. The maximum Gasteiger partial charge on any atom is 0.252 e. The maximum absolute atomic E-state index is 12.2. The molecule has 0 atom stereocenters. The molecule has 0 radical (unpaired) electrons. The van der Waals surface area contributed by atoms with Crippen LogP contribution in [0, 0.1) is 5.92 Å². The van der Waals surface area contributed by atoms with Crippen molar-refractivity contribution in [2.75, 3.05) is 6.54 Å². The van der Waals surface area contributed by atoms with Crippen LogP contribution in [0.2, 0.25) is 0 Å². The van der Waals surface area contributed by atoms with E-state index < -0.39 is 0 Å². The maximum atomic E-state index is 12.2. The van der Waals surface area contributed by atoms with Gasteiger partial charge in [0, 0.05) is 30.5 Å². The molecule has 1 aliphatic carbocycles. The third kappa shape index (κ3) is 4.19. The molecule has 4 heteroatoms. The van der Waals surface area contributed by atoms with E-state index in [4.69, 9.17) is 0 Å². The highest BCUT2D eigenvalue weighted by atomic mass is 16.1. The molecule has 24 heavy (non-hydrogen) atoms. The standard InChI is InChI=1S/C20H24N2O2/c23-19(15-7-2-1-3-8-15)11-6-12-21-20(24)17-13-16-9-4-5-10-18(16)22-14-17/h4-5,9-10,13-15H,1-3,6-8,11-12H2,(H,21,24). The first-order valence-electron chi connectivity index (χ1n) is 8.90. The van der Waals surface area contributed by atoms with E-state index in [9.17, 15) is 9.59 Å². The second kappa shape index (κ2) is 8.04. The van der Waals surface area contributed by atoms with E-state index in [-0.39, 0.29) is 11.8 Å². The van der Waals surface area contributed by atoms with Crippen LogP contribution in [0.25, 0.3) is 10.9 Å². The SMILES string of the molecule is O=C(NCCCC(=O)C1CCCCC1)c1cnc2ccccc2c1. The van der Waals surface area contributed by atoms with Gasteiger partial charge in [-0.1, -0.05) is 37.5 Å². The second-order valence-electron chi connectivity index (χ2n) is 6.58. The van der Waals surface area contributed by atoms with Gasteiger partial charge in [0.2, 0.25) is 0 Å². The Labute approximate surface area is 142 Å². The van der Waals surface area contributed by atoms with Crippen LogP contribution in [0.1, 0.15) is 55.3 Å². The smallest absolute Gasteiger partial charge is 0.252 e. The van der Waals surface area contributed by atoms with Gasteiger partial charge in [-0.2, -0.15) is 0 Å². The van der Waals surface area contributed by atoms with E-state index in [2.05, 4.69) is 10.3 Å². The number of carbonyl (C=O) groups excluding carboxylic acids is 2. The van der Waals surface area contributed by atoms with Gasteiger partial charge in [0.15, 0.2) is 0 Å². The highest BCUT2D eigenvalue weighted by Crippen LogP contribution is 2.25. The molecule has 1 aliphatic rings. The van der Waals surface area contributed by atoms with Crippen LogP contribution < -0.4 is 5.32 Å². The monoisotopic (exact) mass is 324 g/mol. The van der Waals surface area contributed by atoms with Gasteiger partial charge in [-0.3, -0.25) is 14.6 Å². The van der Waals surface area contributed by atoms with E-state index in [1.54, 1.807) is 6.20 Å².